The molecule has 0 saturated carbocycles. The highest BCUT2D eigenvalue weighted by Gasteiger charge is 2.13. The van der Waals surface area contributed by atoms with Gasteiger partial charge < -0.3 is 9.97 Å². The van der Waals surface area contributed by atoms with Gasteiger partial charge in [0.2, 0.25) is 0 Å². The molecule has 0 aliphatic heterocycles. The fourth-order valence-electron chi connectivity index (χ4n) is 4.44. The van der Waals surface area contributed by atoms with E-state index in [0.717, 1.165) is 74.1 Å². The van der Waals surface area contributed by atoms with Gasteiger partial charge in [-0.25, -0.2) is 9.97 Å². The molecule has 6 aromatic rings. The lowest BCUT2D eigenvalue weighted by Crippen LogP contribution is -1.90. The highest BCUT2D eigenvalue weighted by Crippen LogP contribution is 2.37. The number of nitrogens with one attached hydrogen (secondary N) is 2. The van der Waals surface area contributed by atoms with Gasteiger partial charge in [-0.3, -0.25) is 0 Å². The number of fused-ring (bicyclic) bond motifs is 6. The number of rotatable bonds is 4. The Morgan fingerprint density at radius 2 is 1.25 bits per heavy atom. The molecule has 2 N–H and O–H groups in total. The molecule has 3 heterocycles. The topological polar surface area (TPSA) is 83.1 Å². The van der Waals surface area contributed by atoms with Crippen LogP contribution >= 0.6 is 0 Å². The smallest absolute Gasteiger partial charge is 0.106 e. The summed E-state index contributed by atoms with van der Waals surface area (Å²) in [5, 5.41) is 14.4. The summed E-state index contributed by atoms with van der Waals surface area (Å²) in [6.45, 7) is 4.20. The molecule has 0 amide bonds. The molecule has 6 rings (SSSR count). The van der Waals surface area contributed by atoms with E-state index >= 15 is 0 Å². The van der Waals surface area contributed by atoms with Crippen LogP contribution in [-0.4, -0.2) is 30.1 Å². The van der Waals surface area contributed by atoms with Crippen molar-refractivity contribution in [1.82, 2.24) is 30.1 Å². The molecule has 0 radical (unpaired) electrons. The number of hydrogen-bond donors (Lipinski definition) is 2. The number of benzene rings is 3. The van der Waals surface area contributed by atoms with Crippen LogP contribution in [0.5, 0.6) is 0 Å². The molecule has 3 aromatic carbocycles. The maximum atomic E-state index is 4.54. The summed E-state index contributed by atoms with van der Waals surface area (Å²) in [5.74, 6) is 1.98. The number of hydrogen-bond acceptors (Lipinski definition) is 4. The van der Waals surface area contributed by atoms with Gasteiger partial charge in [-0.2, -0.15) is 5.10 Å². The van der Waals surface area contributed by atoms with E-state index in [1.807, 2.05) is 12.4 Å². The minimum Gasteiger partial charge on any atom is -0.342 e. The SMILES string of the molecule is CCc1ncc(-c2ccc3c(c2)c2ccnnc2c2cc(-c4cnc(CC)[nH]4)ccc32)[nH]1. The van der Waals surface area contributed by atoms with Crippen LogP contribution in [0.2, 0.25) is 0 Å². The molecule has 32 heavy (non-hydrogen) atoms. The predicted molar refractivity (Wildman–Crippen MR) is 128 cm³/mol. The van der Waals surface area contributed by atoms with E-state index in [2.05, 4.69) is 86.4 Å². The van der Waals surface area contributed by atoms with Gasteiger partial charge in [-0.1, -0.05) is 38.1 Å². The molecule has 0 aliphatic rings. The van der Waals surface area contributed by atoms with E-state index in [-0.39, 0.29) is 0 Å². The van der Waals surface area contributed by atoms with Crippen LogP contribution in [0.4, 0.5) is 0 Å². The van der Waals surface area contributed by atoms with Crippen molar-refractivity contribution in [2.24, 2.45) is 0 Å². The van der Waals surface area contributed by atoms with E-state index in [0.29, 0.717) is 0 Å². The maximum absolute atomic E-state index is 4.54. The molecule has 0 atom stereocenters. The van der Waals surface area contributed by atoms with Gasteiger partial charge in [-0.05, 0) is 34.4 Å². The quantitative estimate of drug-likeness (QED) is 0.352. The molecule has 0 fully saturated rings. The fraction of sp³-hybridized carbons (Fsp3) is 0.154. The van der Waals surface area contributed by atoms with Gasteiger partial charge in [0.05, 0.1) is 30.0 Å². The largest absolute Gasteiger partial charge is 0.342 e. The molecule has 0 saturated heterocycles. The predicted octanol–water partition coefficient (Wildman–Crippen LogP) is 5.84. The first-order chi connectivity index (χ1) is 15.7. The Hall–Kier alpha value is -4.06. The first-order valence-electron chi connectivity index (χ1n) is 10.9. The maximum Gasteiger partial charge on any atom is 0.106 e. The summed E-state index contributed by atoms with van der Waals surface area (Å²) >= 11 is 0. The molecule has 6 nitrogen and oxygen atoms in total. The van der Waals surface area contributed by atoms with Gasteiger partial charge in [0.15, 0.2) is 0 Å². The third-order valence-corrected chi connectivity index (χ3v) is 6.14. The highest BCUT2D eigenvalue weighted by atomic mass is 15.1. The van der Waals surface area contributed by atoms with E-state index in [4.69, 9.17) is 0 Å². The first kappa shape index (κ1) is 18.7. The second-order valence-corrected chi connectivity index (χ2v) is 8.01. The zero-order valence-electron chi connectivity index (χ0n) is 18.0. The Morgan fingerprint density at radius 3 is 1.84 bits per heavy atom. The molecule has 0 unspecified atom stereocenters. The van der Waals surface area contributed by atoms with Crippen molar-refractivity contribution in [1.29, 1.82) is 0 Å². The van der Waals surface area contributed by atoms with E-state index in [1.54, 1.807) is 6.20 Å². The van der Waals surface area contributed by atoms with Gasteiger partial charge in [0, 0.05) is 34.7 Å². The lowest BCUT2D eigenvalue weighted by atomic mass is 9.94. The summed E-state index contributed by atoms with van der Waals surface area (Å²) in [7, 11) is 0. The van der Waals surface area contributed by atoms with Gasteiger partial charge in [0.1, 0.15) is 17.2 Å². The van der Waals surface area contributed by atoms with E-state index in [9.17, 15) is 0 Å². The second kappa shape index (κ2) is 7.27. The van der Waals surface area contributed by atoms with Gasteiger partial charge in [-0.15, -0.1) is 5.10 Å². The summed E-state index contributed by atoms with van der Waals surface area (Å²) < 4.78 is 0. The fourth-order valence-corrected chi connectivity index (χ4v) is 4.44. The third-order valence-electron chi connectivity index (χ3n) is 6.14. The third kappa shape index (κ3) is 2.87. The molecule has 0 bridgehead atoms. The second-order valence-electron chi connectivity index (χ2n) is 8.01. The Morgan fingerprint density at radius 1 is 0.656 bits per heavy atom. The lowest BCUT2D eigenvalue weighted by molar-refractivity contribution is 0.990. The number of nitrogens with zero attached hydrogens (tertiary/aromatic N) is 4. The van der Waals surface area contributed by atoms with Crippen molar-refractivity contribution in [2.45, 2.75) is 26.7 Å². The Labute approximate surface area is 184 Å². The van der Waals surface area contributed by atoms with Crippen LogP contribution in [0, 0.1) is 0 Å². The molecule has 6 heteroatoms. The van der Waals surface area contributed by atoms with Crippen molar-refractivity contribution in [3.63, 3.8) is 0 Å². The standard InChI is InChI=1S/C26H22N6/c1-3-24-27-13-22(30-24)15-5-7-17-18-8-6-16(23-14-28-25(4-2)31-23)12-21(18)26-19(20(17)11-15)9-10-29-32-26/h5-14H,3-4H2,1-2H3,(H,27,30)(H,28,31). The van der Waals surface area contributed by atoms with Crippen LogP contribution in [0.15, 0.2) is 61.1 Å². The van der Waals surface area contributed by atoms with Crippen LogP contribution in [-0.2, 0) is 12.8 Å². The Balaban J connectivity index is 1.62. The normalized spacial score (nSPS) is 11.7. The molecule has 156 valence electrons. The number of imidazole rings is 2. The van der Waals surface area contributed by atoms with E-state index < -0.39 is 0 Å². The van der Waals surface area contributed by atoms with Crippen LogP contribution in [0.1, 0.15) is 25.5 Å². The minimum atomic E-state index is 0.880. The van der Waals surface area contributed by atoms with Crippen molar-refractivity contribution in [3.8, 4) is 22.5 Å². The van der Waals surface area contributed by atoms with Gasteiger partial charge >= 0.3 is 0 Å². The van der Waals surface area contributed by atoms with Crippen molar-refractivity contribution in [3.05, 3.63) is 72.7 Å². The molecular formula is C26H22N6. The number of aromatic amines is 2. The first-order valence-corrected chi connectivity index (χ1v) is 10.9. The average Bonchev–Trinajstić information content (AvgIpc) is 3.53. The van der Waals surface area contributed by atoms with Gasteiger partial charge in [0.25, 0.3) is 0 Å². The molecular weight excluding hydrogens is 396 g/mol. The summed E-state index contributed by atoms with van der Waals surface area (Å²) in [4.78, 5) is 15.7. The van der Waals surface area contributed by atoms with Crippen molar-refractivity contribution < 1.29 is 0 Å². The Kier molecular flexibility index (Phi) is 4.24. The van der Waals surface area contributed by atoms with Crippen LogP contribution < -0.4 is 0 Å². The summed E-state index contributed by atoms with van der Waals surface area (Å²) in [6, 6.07) is 15.1. The average molecular weight is 419 g/mol. The highest BCUT2D eigenvalue weighted by molar-refractivity contribution is 6.24. The van der Waals surface area contributed by atoms with Crippen molar-refractivity contribution >= 4 is 32.4 Å². The summed E-state index contributed by atoms with van der Waals surface area (Å²) in [5.41, 5.74) is 5.16. The number of aromatic nitrogens is 6. The molecule has 0 aliphatic carbocycles. The molecule has 0 spiro atoms. The van der Waals surface area contributed by atoms with Crippen LogP contribution in [0.25, 0.3) is 55.0 Å². The zero-order valence-corrected chi connectivity index (χ0v) is 18.0. The zero-order chi connectivity index (χ0) is 21.7. The lowest BCUT2D eigenvalue weighted by Gasteiger charge is -2.11. The summed E-state index contributed by atoms with van der Waals surface area (Å²) in [6.07, 6.45) is 7.33. The van der Waals surface area contributed by atoms with E-state index in [1.165, 1.54) is 5.39 Å². The number of aryl methyl sites for hydroxylation is 2. The monoisotopic (exact) mass is 418 g/mol. The van der Waals surface area contributed by atoms with Crippen LogP contribution in [0.3, 0.4) is 0 Å². The number of H-pyrrole nitrogens is 2. The minimum absolute atomic E-state index is 0.880. The molecule has 3 aromatic heterocycles. The van der Waals surface area contributed by atoms with Crippen molar-refractivity contribution in [2.75, 3.05) is 0 Å². The Bertz CT molecular complexity index is 1470.